The fourth-order valence-corrected chi connectivity index (χ4v) is 4.99. The SMILES string of the molecule is CCCCCC(C)C(C)c1cc(O)c(C(NC(=O)CN2CCCCC2)c2ccccc2)c(O)c1.Cl. The van der Waals surface area contributed by atoms with Gasteiger partial charge in [0.25, 0.3) is 0 Å². The molecule has 5 nitrogen and oxygen atoms in total. The Morgan fingerprint density at radius 3 is 2.20 bits per heavy atom. The van der Waals surface area contributed by atoms with Crippen LogP contribution in [0.5, 0.6) is 11.5 Å². The van der Waals surface area contributed by atoms with E-state index in [4.69, 9.17) is 0 Å². The second-order valence-electron chi connectivity index (χ2n) is 9.98. The topological polar surface area (TPSA) is 72.8 Å². The van der Waals surface area contributed by atoms with Crippen LogP contribution >= 0.6 is 12.4 Å². The number of nitrogens with one attached hydrogen (secondary N) is 1. The largest absolute Gasteiger partial charge is 0.507 e. The van der Waals surface area contributed by atoms with Crippen LogP contribution in [-0.2, 0) is 4.79 Å². The van der Waals surface area contributed by atoms with Gasteiger partial charge < -0.3 is 15.5 Å². The van der Waals surface area contributed by atoms with Crippen molar-refractivity contribution in [2.24, 2.45) is 5.92 Å². The molecule has 0 spiro atoms. The van der Waals surface area contributed by atoms with Gasteiger partial charge in [0.1, 0.15) is 11.5 Å². The summed E-state index contributed by atoms with van der Waals surface area (Å²) in [6, 6.07) is 12.5. The first-order valence-electron chi connectivity index (χ1n) is 13.0. The first-order chi connectivity index (χ1) is 16.4. The number of halogens is 1. The van der Waals surface area contributed by atoms with Gasteiger partial charge in [-0.2, -0.15) is 0 Å². The molecule has 3 rings (SSSR count). The lowest BCUT2D eigenvalue weighted by Crippen LogP contribution is -2.41. The molecule has 1 fully saturated rings. The standard InChI is InChI=1S/C29H42N2O3.ClH/c1-4-5-8-13-21(2)22(3)24-18-25(32)28(26(33)19-24)29(23-14-9-6-10-15-23)30-27(34)20-31-16-11-7-12-17-31;/h6,9-10,14-15,18-19,21-22,29,32-33H,4-5,7-8,11-13,16-17,20H2,1-3H3,(H,30,34);1H. The van der Waals surface area contributed by atoms with E-state index in [0.717, 1.165) is 43.5 Å². The van der Waals surface area contributed by atoms with Crippen LogP contribution in [0.2, 0.25) is 0 Å². The molecule has 6 heteroatoms. The Kier molecular flexibility index (Phi) is 11.9. The van der Waals surface area contributed by atoms with Crippen LogP contribution in [0.1, 0.15) is 94.4 Å². The minimum atomic E-state index is -0.621. The van der Waals surface area contributed by atoms with E-state index in [1.54, 1.807) is 12.1 Å². The lowest BCUT2D eigenvalue weighted by molar-refractivity contribution is -0.123. The molecule has 1 aliphatic rings. The molecular weight excluding hydrogens is 460 g/mol. The van der Waals surface area contributed by atoms with Crippen molar-refractivity contribution in [3.63, 3.8) is 0 Å². The highest BCUT2D eigenvalue weighted by molar-refractivity contribution is 5.85. The zero-order valence-electron chi connectivity index (χ0n) is 21.5. The molecule has 2 aromatic rings. The Balaban J connectivity index is 0.00000432. The molecule has 0 saturated carbocycles. The van der Waals surface area contributed by atoms with E-state index in [-0.39, 0.29) is 35.7 Å². The van der Waals surface area contributed by atoms with Crippen molar-refractivity contribution in [3.8, 4) is 11.5 Å². The maximum absolute atomic E-state index is 13.0. The van der Waals surface area contributed by atoms with Gasteiger partial charge in [-0.1, -0.05) is 83.2 Å². The Morgan fingerprint density at radius 2 is 1.60 bits per heavy atom. The second-order valence-corrected chi connectivity index (χ2v) is 9.98. The van der Waals surface area contributed by atoms with E-state index in [9.17, 15) is 15.0 Å². The molecule has 1 amide bonds. The number of piperidine rings is 1. The number of phenolic OH excluding ortho intramolecular Hbond substituents is 2. The van der Waals surface area contributed by atoms with Gasteiger partial charge in [-0.25, -0.2) is 0 Å². The highest BCUT2D eigenvalue weighted by atomic mass is 35.5. The van der Waals surface area contributed by atoms with E-state index < -0.39 is 6.04 Å². The molecule has 1 heterocycles. The highest BCUT2D eigenvalue weighted by Gasteiger charge is 2.26. The van der Waals surface area contributed by atoms with Gasteiger partial charge in [-0.05, 0) is 61.0 Å². The first-order valence-corrected chi connectivity index (χ1v) is 13.0. The average molecular weight is 503 g/mol. The quantitative estimate of drug-likeness (QED) is 0.305. The summed E-state index contributed by atoms with van der Waals surface area (Å²) in [4.78, 5) is 15.1. The van der Waals surface area contributed by atoms with E-state index in [0.29, 0.717) is 18.0 Å². The molecule has 3 unspecified atom stereocenters. The summed E-state index contributed by atoms with van der Waals surface area (Å²) in [5.41, 5.74) is 2.11. The monoisotopic (exact) mass is 502 g/mol. The van der Waals surface area contributed by atoms with E-state index in [1.165, 1.54) is 25.7 Å². The third-order valence-electron chi connectivity index (χ3n) is 7.34. The number of rotatable bonds is 11. The Labute approximate surface area is 217 Å². The molecule has 0 aliphatic carbocycles. The summed E-state index contributed by atoms with van der Waals surface area (Å²) in [7, 11) is 0. The van der Waals surface area contributed by atoms with Crippen LogP contribution in [0.25, 0.3) is 0 Å². The molecule has 3 N–H and O–H groups in total. The van der Waals surface area contributed by atoms with Crippen LogP contribution in [0.4, 0.5) is 0 Å². The van der Waals surface area contributed by atoms with Gasteiger partial charge >= 0.3 is 0 Å². The van der Waals surface area contributed by atoms with Gasteiger partial charge in [-0.15, -0.1) is 12.4 Å². The minimum Gasteiger partial charge on any atom is -0.507 e. The number of benzene rings is 2. The molecule has 2 aromatic carbocycles. The molecule has 0 bridgehead atoms. The number of nitrogens with zero attached hydrogens (tertiary/aromatic N) is 1. The zero-order chi connectivity index (χ0) is 24.5. The van der Waals surface area contributed by atoms with Gasteiger partial charge in [-0.3, -0.25) is 9.69 Å². The van der Waals surface area contributed by atoms with Gasteiger partial charge in [0.15, 0.2) is 0 Å². The number of unbranched alkanes of at least 4 members (excludes halogenated alkanes) is 2. The van der Waals surface area contributed by atoms with Crippen molar-refractivity contribution in [2.75, 3.05) is 19.6 Å². The number of amides is 1. The smallest absolute Gasteiger partial charge is 0.234 e. The Bertz CT molecular complexity index is 892. The van der Waals surface area contributed by atoms with Crippen molar-refractivity contribution in [1.82, 2.24) is 10.2 Å². The van der Waals surface area contributed by atoms with Crippen molar-refractivity contribution in [3.05, 3.63) is 59.2 Å². The fourth-order valence-electron chi connectivity index (χ4n) is 4.99. The number of hydrogen-bond donors (Lipinski definition) is 3. The Hall–Kier alpha value is -2.24. The van der Waals surface area contributed by atoms with Gasteiger partial charge in [0.2, 0.25) is 5.91 Å². The summed E-state index contributed by atoms with van der Waals surface area (Å²) in [6.45, 7) is 8.79. The number of hydrogen-bond acceptors (Lipinski definition) is 4. The van der Waals surface area contributed by atoms with Crippen molar-refractivity contribution in [1.29, 1.82) is 0 Å². The zero-order valence-corrected chi connectivity index (χ0v) is 22.3. The number of carbonyl (C=O) groups is 1. The lowest BCUT2D eigenvalue weighted by atomic mass is 9.84. The number of phenols is 2. The average Bonchev–Trinajstić information content (AvgIpc) is 2.83. The third kappa shape index (κ3) is 8.15. The summed E-state index contributed by atoms with van der Waals surface area (Å²) < 4.78 is 0. The summed E-state index contributed by atoms with van der Waals surface area (Å²) >= 11 is 0. The molecule has 35 heavy (non-hydrogen) atoms. The number of aromatic hydroxyl groups is 2. The van der Waals surface area contributed by atoms with Gasteiger partial charge in [0.05, 0.1) is 18.2 Å². The van der Waals surface area contributed by atoms with E-state index in [1.807, 2.05) is 30.3 Å². The summed E-state index contributed by atoms with van der Waals surface area (Å²) in [6.07, 6.45) is 8.19. The van der Waals surface area contributed by atoms with Crippen LogP contribution in [0.3, 0.4) is 0 Å². The fraction of sp³-hybridized carbons (Fsp3) is 0.552. The molecule has 1 aliphatic heterocycles. The molecule has 3 atom stereocenters. The van der Waals surface area contributed by atoms with Crippen molar-refractivity contribution in [2.45, 2.75) is 77.7 Å². The van der Waals surface area contributed by atoms with Crippen LogP contribution in [0, 0.1) is 5.92 Å². The maximum atomic E-state index is 13.0. The molecular formula is C29H43ClN2O3. The van der Waals surface area contributed by atoms with Crippen LogP contribution in [0.15, 0.2) is 42.5 Å². The predicted molar refractivity (Wildman–Crippen MR) is 145 cm³/mol. The maximum Gasteiger partial charge on any atom is 0.234 e. The Morgan fingerprint density at radius 1 is 0.971 bits per heavy atom. The molecule has 1 saturated heterocycles. The summed E-state index contributed by atoms with van der Waals surface area (Å²) in [5.74, 6) is 0.609. The van der Waals surface area contributed by atoms with Crippen LogP contribution < -0.4 is 5.32 Å². The third-order valence-corrected chi connectivity index (χ3v) is 7.34. The van der Waals surface area contributed by atoms with Crippen molar-refractivity contribution >= 4 is 18.3 Å². The van der Waals surface area contributed by atoms with E-state index >= 15 is 0 Å². The molecule has 0 aromatic heterocycles. The lowest BCUT2D eigenvalue weighted by Gasteiger charge is -2.28. The van der Waals surface area contributed by atoms with Gasteiger partial charge in [0, 0.05) is 0 Å². The minimum absolute atomic E-state index is 0. The number of likely N-dealkylation sites (tertiary alicyclic amines) is 1. The highest BCUT2D eigenvalue weighted by Crippen LogP contribution is 2.40. The first kappa shape index (κ1) is 29.0. The predicted octanol–water partition coefficient (Wildman–Crippen LogP) is 6.53. The molecule has 0 radical (unpaired) electrons. The normalized spacial score (nSPS) is 16.7. The van der Waals surface area contributed by atoms with Crippen molar-refractivity contribution < 1.29 is 15.0 Å². The van der Waals surface area contributed by atoms with Crippen LogP contribution in [-0.4, -0.2) is 40.7 Å². The van der Waals surface area contributed by atoms with E-state index in [2.05, 4.69) is 31.0 Å². The second kappa shape index (κ2) is 14.4. The molecule has 194 valence electrons. The number of carbonyl (C=O) groups excluding carboxylic acids is 1. The summed E-state index contributed by atoms with van der Waals surface area (Å²) in [5, 5.41) is 25.2.